The Labute approximate surface area is 168 Å². The number of piperidine rings is 1. The minimum absolute atomic E-state index is 0.159. The third-order valence-electron chi connectivity index (χ3n) is 5.32. The molecule has 0 spiro atoms. The second kappa shape index (κ2) is 7.76. The zero-order valence-corrected chi connectivity index (χ0v) is 16.1. The summed E-state index contributed by atoms with van der Waals surface area (Å²) in [7, 11) is 0. The van der Waals surface area contributed by atoms with Gasteiger partial charge in [0.1, 0.15) is 6.07 Å². The molecule has 1 aromatic carbocycles. The SMILES string of the molecule is CC1CCN(C(=O)c2nc(C(=O)Nc3ccccc3C#N)c3ccccn23)CC1. The van der Waals surface area contributed by atoms with Crippen molar-refractivity contribution in [2.75, 3.05) is 18.4 Å². The Morgan fingerprint density at radius 1 is 1.14 bits per heavy atom. The van der Waals surface area contributed by atoms with Gasteiger partial charge in [-0.15, -0.1) is 0 Å². The van der Waals surface area contributed by atoms with Gasteiger partial charge in [0.2, 0.25) is 5.82 Å². The van der Waals surface area contributed by atoms with E-state index >= 15 is 0 Å². The van der Waals surface area contributed by atoms with Crippen molar-refractivity contribution in [3.63, 3.8) is 0 Å². The number of carbonyl (C=O) groups is 2. The standard InChI is InChI=1S/C22H21N5O2/c1-15-9-12-26(13-10-15)22(29)20-25-19(18-8-4-5-11-27(18)20)21(28)24-17-7-3-2-6-16(17)14-23/h2-8,11,15H,9-10,12-13H2,1H3,(H,24,28). The van der Waals surface area contributed by atoms with E-state index < -0.39 is 5.91 Å². The number of nitrogens with zero attached hydrogens (tertiary/aromatic N) is 4. The van der Waals surface area contributed by atoms with E-state index in [0.29, 0.717) is 35.8 Å². The molecule has 0 radical (unpaired) electrons. The van der Waals surface area contributed by atoms with E-state index in [0.717, 1.165) is 12.8 Å². The second-order valence-electron chi connectivity index (χ2n) is 7.33. The first-order valence-corrected chi connectivity index (χ1v) is 9.65. The number of nitrogens with one attached hydrogen (secondary N) is 1. The lowest BCUT2D eigenvalue weighted by atomic mass is 9.99. The van der Waals surface area contributed by atoms with Gasteiger partial charge in [-0.25, -0.2) is 4.98 Å². The van der Waals surface area contributed by atoms with Gasteiger partial charge in [-0.05, 0) is 43.0 Å². The zero-order valence-electron chi connectivity index (χ0n) is 16.1. The van der Waals surface area contributed by atoms with E-state index in [2.05, 4.69) is 23.3 Å². The number of aromatic nitrogens is 2. The van der Waals surface area contributed by atoms with Gasteiger partial charge < -0.3 is 10.2 Å². The largest absolute Gasteiger partial charge is 0.336 e. The highest BCUT2D eigenvalue weighted by Crippen LogP contribution is 2.21. The van der Waals surface area contributed by atoms with Crippen LogP contribution in [0.15, 0.2) is 48.7 Å². The number of likely N-dealkylation sites (tertiary alicyclic amines) is 1. The first kappa shape index (κ1) is 18.7. The molecule has 0 atom stereocenters. The number of pyridine rings is 1. The molecule has 2 aromatic heterocycles. The van der Waals surface area contributed by atoms with Crippen LogP contribution in [-0.4, -0.2) is 39.2 Å². The molecule has 0 bridgehead atoms. The maximum Gasteiger partial charge on any atom is 0.290 e. The molecule has 0 unspecified atom stereocenters. The average Bonchev–Trinajstić information content (AvgIpc) is 3.14. The monoisotopic (exact) mass is 387 g/mol. The maximum atomic E-state index is 13.1. The van der Waals surface area contributed by atoms with Gasteiger partial charge in [0.25, 0.3) is 11.8 Å². The summed E-state index contributed by atoms with van der Waals surface area (Å²) in [5.74, 6) is 0.212. The molecular weight excluding hydrogens is 366 g/mol. The number of amides is 2. The van der Waals surface area contributed by atoms with Crippen LogP contribution in [0.2, 0.25) is 0 Å². The van der Waals surface area contributed by atoms with Crippen molar-refractivity contribution in [3.05, 3.63) is 65.7 Å². The molecule has 1 aliphatic heterocycles. The first-order chi connectivity index (χ1) is 14.1. The van der Waals surface area contributed by atoms with Crippen molar-refractivity contribution in [2.24, 2.45) is 5.92 Å². The van der Waals surface area contributed by atoms with Gasteiger partial charge in [0, 0.05) is 19.3 Å². The molecule has 1 saturated heterocycles. The quantitative estimate of drug-likeness (QED) is 0.746. The Morgan fingerprint density at radius 2 is 1.86 bits per heavy atom. The maximum absolute atomic E-state index is 13.1. The normalized spacial score (nSPS) is 14.6. The molecule has 4 rings (SSSR count). The molecule has 7 nitrogen and oxygen atoms in total. The summed E-state index contributed by atoms with van der Waals surface area (Å²) in [6, 6.07) is 14.2. The third kappa shape index (κ3) is 3.57. The molecule has 0 saturated carbocycles. The molecule has 2 amide bonds. The van der Waals surface area contributed by atoms with E-state index in [-0.39, 0.29) is 17.4 Å². The summed E-state index contributed by atoms with van der Waals surface area (Å²) in [6.45, 7) is 3.58. The Morgan fingerprint density at radius 3 is 2.62 bits per heavy atom. The van der Waals surface area contributed by atoms with Gasteiger partial charge in [0.05, 0.1) is 16.8 Å². The first-order valence-electron chi connectivity index (χ1n) is 9.65. The van der Waals surface area contributed by atoms with Crippen molar-refractivity contribution in [2.45, 2.75) is 19.8 Å². The number of benzene rings is 1. The van der Waals surface area contributed by atoms with Crippen molar-refractivity contribution < 1.29 is 9.59 Å². The highest BCUT2D eigenvalue weighted by molar-refractivity contribution is 6.09. The molecule has 1 N–H and O–H groups in total. The zero-order chi connectivity index (χ0) is 20.4. The smallest absolute Gasteiger partial charge is 0.290 e. The number of hydrogen-bond acceptors (Lipinski definition) is 4. The van der Waals surface area contributed by atoms with E-state index in [1.807, 2.05) is 0 Å². The van der Waals surface area contributed by atoms with Crippen LogP contribution in [0.1, 0.15) is 46.4 Å². The van der Waals surface area contributed by atoms with Crippen LogP contribution in [0.3, 0.4) is 0 Å². The van der Waals surface area contributed by atoms with Gasteiger partial charge in [-0.1, -0.05) is 25.1 Å². The molecule has 1 aliphatic rings. The topological polar surface area (TPSA) is 90.5 Å². The Balaban J connectivity index is 1.68. The summed E-state index contributed by atoms with van der Waals surface area (Å²) in [5.41, 5.74) is 1.48. The van der Waals surface area contributed by atoms with E-state index in [9.17, 15) is 14.9 Å². The fourth-order valence-corrected chi connectivity index (χ4v) is 3.58. The average molecular weight is 387 g/mol. The lowest BCUT2D eigenvalue weighted by molar-refractivity contribution is 0.0684. The van der Waals surface area contributed by atoms with Crippen LogP contribution in [0.4, 0.5) is 5.69 Å². The molecule has 1 fully saturated rings. The third-order valence-corrected chi connectivity index (χ3v) is 5.32. The van der Waals surface area contributed by atoms with Crippen LogP contribution < -0.4 is 5.32 Å². The Hall–Kier alpha value is -3.66. The summed E-state index contributed by atoms with van der Waals surface area (Å²) < 4.78 is 1.66. The predicted molar refractivity (Wildman–Crippen MR) is 109 cm³/mol. The fraction of sp³-hybridized carbons (Fsp3) is 0.273. The number of carbonyl (C=O) groups excluding carboxylic acids is 2. The lowest BCUT2D eigenvalue weighted by Crippen LogP contribution is -2.38. The van der Waals surface area contributed by atoms with E-state index in [4.69, 9.17) is 0 Å². The summed E-state index contributed by atoms with van der Waals surface area (Å²) in [6.07, 6.45) is 3.67. The predicted octanol–water partition coefficient (Wildman–Crippen LogP) is 3.33. The molecule has 3 heterocycles. The molecule has 146 valence electrons. The molecule has 3 aromatic rings. The highest BCUT2D eigenvalue weighted by atomic mass is 16.2. The molecule has 7 heteroatoms. The van der Waals surface area contributed by atoms with Crippen LogP contribution in [0.25, 0.3) is 5.52 Å². The van der Waals surface area contributed by atoms with Crippen LogP contribution in [0, 0.1) is 17.2 Å². The van der Waals surface area contributed by atoms with E-state index in [1.165, 1.54) is 0 Å². The van der Waals surface area contributed by atoms with Crippen LogP contribution in [0.5, 0.6) is 0 Å². The van der Waals surface area contributed by atoms with Crippen LogP contribution in [-0.2, 0) is 0 Å². The Bertz CT molecular complexity index is 1120. The number of para-hydroxylation sites is 1. The number of hydrogen-bond donors (Lipinski definition) is 1. The van der Waals surface area contributed by atoms with Gasteiger partial charge in [-0.3, -0.25) is 14.0 Å². The summed E-state index contributed by atoms with van der Waals surface area (Å²) >= 11 is 0. The number of nitriles is 1. The van der Waals surface area contributed by atoms with E-state index in [1.54, 1.807) is 58.0 Å². The number of fused-ring (bicyclic) bond motifs is 1. The molecular formula is C22H21N5O2. The van der Waals surface area contributed by atoms with Crippen molar-refractivity contribution in [1.82, 2.24) is 14.3 Å². The number of anilines is 1. The number of rotatable bonds is 3. The summed E-state index contributed by atoms with van der Waals surface area (Å²) in [5, 5.41) is 12.0. The highest BCUT2D eigenvalue weighted by Gasteiger charge is 2.27. The van der Waals surface area contributed by atoms with Crippen molar-refractivity contribution >= 4 is 23.0 Å². The fourth-order valence-electron chi connectivity index (χ4n) is 3.58. The molecule has 29 heavy (non-hydrogen) atoms. The minimum atomic E-state index is -0.456. The lowest BCUT2D eigenvalue weighted by Gasteiger charge is -2.29. The van der Waals surface area contributed by atoms with Gasteiger partial charge in [-0.2, -0.15) is 5.26 Å². The summed E-state index contributed by atoms with van der Waals surface area (Å²) in [4.78, 5) is 32.2. The minimum Gasteiger partial charge on any atom is -0.336 e. The van der Waals surface area contributed by atoms with Crippen molar-refractivity contribution in [1.29, 1.82) is 5.26 Å². The van der Waals surface area contributed by atoms with Gasteiger partial charge >= 0.3 is 0 Å². The number of imidazole rings is 1. The Kier molecular flexibility index (Phi) is 5.00. The molecule has 0 aliphatic carbocycles. The second-order valence-corrected chi connectivity index (χ2v) is 7.33. The van der Waals surface area contributed by atoms with Gasteiger partial charge in [0.15, 0.2) is 5.69 Å². The van der Waals surface area contributed by atoms with Crippen LogP contribution >= 0.6 is 0 Å². The van der Waals surface area contributed by atoms with Crippen molar-refractivity contribution in [3.8, 4) is 6.07 Å².